The molecule has 1 amide bonds. The number of ketones is 1. The van der Waals surface area contributed by atoms with Gasteiger partial charge in [0.1, 0.15) is 5.82 Å². The third kappa shape index (κ3) is 4.11. The molecule has 0 saturated heterocycles. The lowest BCUT2D eigenvalue weighted by atomic mass is 9.75. The Morgan fingerprint density at radius 2 is 1.79 bits per heavy atom. The van der Waals surface area contributed by atoms with E-state index in [-0.39, 0.29) is 11.7 Å². The van der Waals surface area contributed by atoms with Crippen LogP contribution < -0.4 is 24.8 Å². The van der Waals surface area contributed by atoms with E-state index in [2.05, 4.69) is 15.6 Å². The highest BCUT2D eigenvalue weighted by molar-refractivity contribution is 6.09. The van der Waals surface area contributed by atoms with Gasteiger partial charge >= 0.3 is 0 Å². The van der Waals surface area contributed by atoms with Gasteiger partial charge in [0.15, 0.2) is 17.3 Å². The predicted molar refractivity (Wildman–Crippen MR) is 128 cm³/mol. The number of Topliss-reactive ketones (excluding diaryl/α,β-unsaturated/α-hetero) is 1. The highest BCUT2D eigenvalue weighted by Crippen LogP contribution is 2.47. The first-order valence-electron chi connectivity index (χ1n) is 11.2. The molecule has 0 saturated carbocycles. The number of aromatic nitrogens is 1. The van der Waals surface area contributed by atoms with E-state index in [0.717, 1.165) is 24.1 Å². The van der Waals surface area contributed by atoms with E-state index in [9.17, 15) is 9.59 Å². The van der Waals surface area contributed by atoms with Crippen molar-refractivity contribution >= 4 is 17.5 Å². The molecule has 178 valence electrons. The van der Waals surface area contributed by atoms with Crippen molar-refractivity contribution in [2.75, 3.05) is 26.6 Å². The molecule has 0 radical (unpaired) electrons. The first kappa shape index (κ1) is 23.4. The van der Waals surface area contributed by atoms with Crippen LogP contribution in [0.25, 0.3) is 0 Å². The quantitative estimate of drug-likeness (QED) is 0.668. The van der Waals surface area contributed by atoms with Gasteiger partial charge in [-0.3, -0.25) is 9.59 Å². The van der Waals surface area contributed by atoms with Crippen LogP contribution in [0.3, 0.4) is 0 Å². The second-order valence-corrected chi connectivity index (χ2v) is 8.35. The summed E-state index contributed by atoms with van der Waals surface area (Å²) < 4.78 is 16.6. The second-order valence-electron chi connectivity index (χ2n) is 8.35. The monoisotopic (exact) mass is 463 g/mol. The molecule has 2 heterocycles. The Hall–Kier alpha value is -3.81. The van der Waals surface area contributed by atoms with Crippen molar-refractivity contribution in [2.24, 2.45) is 0 Å². The molecule has 8 heteroatoms. The molecule has 34 heavy (non-hydrogen) atoms. The van der Waals surface area contributed by atoms with Crippen molar-refractivity contribution in [3.05, 3.63) is 64.1 Å². The number of pyridine rings is 1. The number of carbonyl (C=O) groups excluding carboxylic acids is 2. The number of dihydropyridines is 1. The van der Waals surface area contributed by atoms with Crippen molar-refractivity contribution in [1.29, 1.82) is 0 Å². The van der Waals surface area contributed by atoms with E-state index in [1.165, 1.54) is 7.11 Å². The molecule has 8 nitrogen and oxygen atoms in total. The maximum atomic E-state index is 13.7. The summed E-state index contributed by atoms with van der Waals surface area (Å²) >= 11 is 0. The van der Waals surface area contributed by atoms with E-state index in [1.54, 1.807) is 32.5 Å². The van der Waals surface area contributed by atoms with Crippen LogP contribution in [0.5, 0.6) is 17.2 Å². The minimum atomic E-state index is -0.596. The summed E-state index contributed by atoms with van der Waals surface area (Å²) in [6, 6.07) is 7.30. The summed E-state index contributed by atoms with van der Waals surface area (Å²) in [6.07, 6.45) is 3.59. The fourth-order valence-corrected chi connectivity index (χ4v) is 4.68. The average molecular weight is 464 g/mol. The number of amides is 1. The first-order chi connectivity index (χ1) is 16.4. The van der Waals surface area contributed by atoms with E-state index in [4.69, 9.17) is 14.2 Å². The topological polar surface area (TPSA) is 98.8 Å². The van der Waals surface area contributed by atoms with Crippen LogP contribution in [-0.4, -0.2) is 38.0 Å². The molecule has 1 atom stereocenters. The Labute approximate surface area is 199 Å². The fourth-order valence-electron chi connectivity index (χ4n) is 4.68. The lowest BCUT2D eigenvalue weighted by Gasteiger charge is -2.35. The second kappa shape index (κ2) is 9.59. The number of allylic oxidation sites excluding steroid dienone is 3. The normalized spacial score (nSPS) is 17.7. The van der Waals surface area contributed by atoms with Gasteiger partial charge < -0.3 is 24.8 Å². The molecular formula is C26H29N3O5. The van der Waals surface area contributed by atoms with Gasteiger partial charge in [-0.05, 0) is 56.0 Å². The summed E-state index contributed by atoms with van der Waals surface area (Å²) in [7, 11) is 4.62. The Morgan fingerprint density at radius 3 is 2.41 bits per heavy atom. The van der Waals surface area contributed by atoms with Crippen LogP contribution in [0.2, 0.25) is 0 Å². The van der Waals surface area contributed by atoms with Gasteiger partial charge in [0.05, 0.1) is 21.3 Å². The van der Waals surface area contributed by atoms with Crippen LogP contribution >= 0.6 is 0 Å². The van der Waals surface area contributed by atoms with E-state index >= 15 is 0 Å². The number of carbonyl (C=O) groups is 2. The van der Waals surface area contributed by atoms with Gasteiger partial charge in [0, 0.05) is 41.1 Å². The Morgan fingerprint density at radius 1 is 1.09 bits per heavy atom. The minimum absolute atomic E-state index is 0.0271. The van der Waals surface area contributed by atoms with Crippen LogP contribution in [-0.2, 0) is 9.59 Å². The number of rotatable bonds is 6. The van der Waals surface area contributed by atoms with E-state index in [1.807, 2.05) is 26.0 Å². The molecule has 0 fully saturated rings. The highest BCUT2D eigenvalue weighted by atomic mass is 16.5. The molecule has 2 N–H and O–H groups in total. The van der Waals surface area contributed by atoms with Crippen molar-refractivity contribution in [2.45, 2.75) is 39.0 Å². The number of aryl methyl sites for hydroxylation is 1. The number of hydrogen-bond acceptors (Lipinski definition) is 7. The molecule has 1 unspecified atom stereocenters. The third-order valence-corrected chi connectivity index (χ3v) is 6.28. The predicted octanol–water partition coefficient (Wildman–Crippen LogP) is 4.02. The molecule has 0 bridgehead atoms. The average Bonchev–Trinajstić information content (AvgIpc) is 2.83. The summed E-state index contributed by atoms with van der Waals surface area (Å²) in [5, 5.41) is 6.26. The van der Waals surface area contributed by atoms with Crippen LogP contribution in [0.15, 0.2) is 53.0 Å². The smallest absolute Gasteiger partial charge is 0.255 e. The van der Waals surface area contributed by atoms with Gasteiger partial charge in [-0.2, -0.15) is 0 Å². The number of ether oxygens (including phenoxy) is 3. The van der Waals surface area contributed by atoms with Gasteiger partial charge in [-0.25, -0.2) is 4.98 Å². The summed E-state index contributed by atoms with van der Waals surface area (Å²) in [4.78, 5) is 31.1. The standard InChI is InChI=1S/C26H29N3O5/c1-14-8-7-11-27-25(14)29-26(31)21-15(2)28-17-9-6-10-18(30)23(17)22(21)16-12-19(32-3)24(34-5)20(13-16)33-4/h7-8,11-13,22,28H,6,9-10H2,1-5H3,(H,27,29,31). The largest absolute Gasteiger partial charge is 0.493 e. The third-order valence-electron chi connectivity index (χ3n) is 6.28. The van der Waals surface area contributed by atoms with Crippen molar-refractivity contribution in [3.63, 3.8) is 0 Å². The van der Waals surface area contributed by atoms with Crippen LogP contribution in [0, 0.1) is 6.92 Å². The molecule has 2 aliphatic rings. The zero-order chi connectivity index (χ0) is 24.4. The first-order valence-corrected chi connectivity index (χ1v) is 11.2. The van der Waals surface area contributed by atoms with E-state index in [0.29, 0.717) is 51.9 Å². The molecule has 1 aromatic heterocycles. The Balaban J connectivity index is 1.88. The molecule has 4 rings (SSSR count). The highest BCUT2D eigenvalue weighted by Gasteiger charge is 2.39. The van der Waals surface area contributed by atoms with Gasteiger partial charge in [-0.15, -0.1) is 0 Å². The Bertz CT molecular complexity index is 1190. The number of nitrogens with zero attached hydrogens (tertiary/aromatic N) is 1. The number of anilines is 1. The lowest BCUT2D eigenvalue weighted by Crippen LogP contribution is -2.35. The zero-order valence-electron chi connectivity index (χ0n) is 20.1. The number of nitrogens with one attached hydrogen (secondary N) is 2. The maximum absolute atomic E-state index is 13.7. The molecule has 0 spiro atoms. The lowest BCUT2D eigenvalue weighted by molar-refractivity contribution is -0.116. The molecular weight excluding hydrogens is 434 g/mol. The van der Waals surface area contributed by atoms with Crippen LogP contribution in [0.4, 0.5) is 5.82 Å². The van der Waals surface area contributed by atoms with Gasteiger partial charge in [-0.1, -0.05) is 6.07 Å². The fraction of sp³-hybridized carbons (Fsp3) is 0.346. The molecule has 1 aromatic carbocycles. The number of methoxy groups -OCH3 is 3. The zero-order valence-corrected chi connectivity index (χ0v) is 20.1. The van der Waals surface area contributed by atoms with Gasteiger partial charge in [0.2, 0.25) is 5.75 Å². The van der Waals surface area contributed by atoms with Crippen molar-refractivity contribution in [1.82, 2.24) is 10.3 Å². The molecule has 1 aliphatic carbocycles. The van der Waals surface area contributed by atoms with Crippen LogP contribution in [0.1, 0.15) is 43.2 Å². The number of benzene rings is 1. The Kier molecular flexibility index (Phi) is 6.58. The number of hydrogen-bond donors (Lipinski definition) is 2. The van der Waals surface area contributed by atoms with Crippen molar-refractivity contribution < 1.29 is 23.8 Å². The van der Waals surface area contributed by atoms with Crippen molar-refractivity contribution in [3.8, 4) is 17.2 Å². The summed E-state index contributed by atoms with van der Waals surface area (Å²) in [5.74, 6) is 0.947. The summed E-state index contributed by atoms with van der Waals surface area (Å²) in [5.41, 5.74) is 4.16. The minimum Gasteiger partial charge on any atom is -0.493 e. The SMILES string of the molecule is COc1cc(C2C(C(=O)Nc3ncccc3C)=C(C)NC3=C2C(=O)CCC3)cc(OC)c1OC. The molecule has 1 aliphatic heterocycles. The molecule has 2 aromatic rings. The van der Waals surface area contributed by atoms with Gasteiger partial charge in [0.25, 0.3) is 5.91 Å². The summed E-state index contributed by atoms with van der Waals surface area (Å²) in [6.45, 7) is 3.74. The van der Waals surface area contributed by atoms with E-state index < -0.39 is 5.92 Å². The maximum Gasteiger partial charge on any atom is 0.255 e.